The molecule has 1 aromatic rings. The minimum Gasteiger partial charge on any atom is -0.478 e. The summed E-state index contributed by atoms with van der Waals surface area (Å²) in [5.74, 6) is 5.54. The molecule has 2 heterocycles. The lowest BCUT2D eigenvalue weighted by Crippen LogP contribution is -2.45. The summed E-state index contributed by atoms with van der Waals surface area (Å²) in [5, 5.41) is 13.1. The maximum absolute atomic E-state index is 14.3. The topological polar surface area (TPSA) is 65.2 Å². The van der Waals surface area contributed by atoms with Crippen molar-refractivity contribution in [3.8, 4) is 17.6 Å². The van der Waals surface area contributed by atoms with Gasteiger partial charge in [-0.1, -0.05) is 11.8 Å². The van der Waals surface area contributed by atoms with Crippen molar-refractivity contribution < 1.29 is 14.2 Å². The van der Waals surface area contributed by atoms with Gasteiger partial charge in [0.1, 0.15) is 19.9 Å². The van der Waals surface area contributed by atoms with E-state index in [9.17, 15) is 4.39 Å². The Morgan fingerprint density at radius 1 is 1.22 bits per heavy atom. The predicted octanol–water partition coefficient (Wildman–Crippen LogP) is 1.73. The number of nitrogens with two attached hydrogens (primary N) is 1. The molecule has 0 atom stereocenters. The Morgan fingerprint density at radius 2 is 2.04 bits per heavy atom. The van der Waals surface area contributed by atoms with Gasteiger partial charge in [-0.3, -0.25) is 5.01 Å². The molecule has 0 unspecified atom stereocenters. The molecule has 0 saturated carbocycles. The number of hydrazine groups is 1. The molecular formula is C20H27FN4O2. The molecular weight excluding hydrogens is 347 g/mol. The summed E-state index contributed by atoms with van der Waals surface area (Å²) >= 11 is 0. The van der Waals surface area contributed by atoms with Gasteiger partial charge in [0, 0.05) is 37.2 Å². The summed E-state index contributed by atoms with van der Waals surface area (Å²) in [6.45, 7) is 3.31. The largest absolute Gasteiger partial charge is 0.478 e. The zero-order valence-electron chi connectivity index (χ0n) is 15.5. The van der Waals surface area contributed by atoms with Gasteiger partial charge in [0.2, 0.25) is 0 Å². The molecule has 1 saturated heterocycles. The molecule has 0 spiro atoms. The van der Waals surface area contributed by atoms with Crippen LogP contribution in [-0.4, -0.2) is 54.6 Å². The third-order valence-electron chi connectivity index (χ3n) is 5.00. The van der Waals surface area contributed by atoms with Crippen molar-refractivity contribution in [1.82, 2.24) is 10.0 Å². The van der Waals surface area contributed by atoms with Crippen LogP contribution in [0.2, 0.25) is 0 Å². The van der Waals surface area contributed by atoms with Crippen LogP contribution in [-0.2, 0) is 0 Å². The Labute approximate surface area is 160 Å². The van der Waals surface area contributed by atoms with Crippen molar-refractivity contribution in [2.24, 2.45) is 11.7 Å². The van der Waals surface area contributed by atoms with Crippen LogP contribution in [0.25, 0.3) is 0 Å². The van der Waals surface area contributed by atoms with E-state index < -0.39 is 5.82 Å². The Hall–Kier alpha value is -2.27. The molecule has 2 aliphatic rings. The minimum atomic E-state index is -0.423. The normalized spacial score (nSPS) is 17.9. The highest BCUT2D eigenvalue weighted by molar-refractivity contribution is 5.53. The fourth-order valence-electron chi connectivity index (χ4n) is 3.47. The Balaban J connectivity index is 1.53. The Kier molecular flexibility index (Phi) is 6.93. The van der Waals surface area contributed by atoms with E-state index in [2.05, 4.69) is 21.9 Å². The van der Waals surface area contributed by atoms with Gasteiger partial charge in [-0.2, -0.15) is 0 Å². The van der Waals surface area contributed by atoms with Crippen LogP contribution in [0.4, 0.5) is 10.1 Å². The SMILES string of the molecule is NCCC1CCN(N2C=CN(c3ccc(OCC#CCO)c(F)c3)C2)CC1. The molecule has 7 heteroatoms. The standard InChI is InChI=1S/C20H27FN4O2/c21-19-15-18(3-4-20(19)27-14-2-1-13-26)23-11-12-25(16-23)24-9-6-17(5-8-22)7-10-24/h3-4,11-12,15,17,26H,5-10,13-14,16,22H2. The molecule has 0 aromatic heterocycles. The zero-order chi connectivity index (χ0) is 19.1. The van der Waals surface area contributed by atoms with Gasteiger partial charge >= 0.3 is 0 Å². The Bertz CT molecular complexity index is 708. The number of aliphatic hydroxyl groups is 1. The first kappa shape index (κ1) is 19.5. The average Bonchev–Trinajstić information content (AvgIpc) is 3.17. The molecule has 0 radical (unpaired) electrons. The van der Waals surface area contributed by atoms with E-state index in [1.165, 1.54) is 18.9 Å². The summed E-state index contributed by atoms with van der Waals surface area (Å²) in [5.41, 5.74) is 6.44. The number of halogens is 1. The molecule has 0 amide bonds. The van der Waals surface area contributed by atoms with Crippen LogP contribution in [0.1, 0.15) is 19.3 Å². The summed E-state index contributed by atoms with van der Waals surface area (Å²) < 4.78 is 19.6. The van der Waals surface area contributed by atoms with E-state index in [-0.39, 0.29) is 19.0 Å². The van der Waals surface area contributed by atoms with E-state index in [0.717, 1.165) is 37.7 Å². The van der Waals surface area contributed by atoms with Gasteiger partial charge in [-0.25, -0.2) is 9.40 Å². The molecule has 3 N–H and O–H groups in total. The third kappa shape index (κ3) is 5.13. The van der Waals surface area contributed by atoms with Crippen LogP contribution in [0.15, 0.2) is 30.6 Å². The summed E-state index contributed by atoms with van der Waals surface area (Å²) in [6.07, 6.45) is 7.45. The molecule has 146 valence electrons. The third-order valence-corrected chi connectivity index (χ3v) is 5.00. The number of hydrogen-bond acceptors (Lipinski definition) is 6. The smallest absolute Gasteiger partial charge is 0.167 e. The van der Waals surface area contributed by atoms with Crippen LogP contribution >= 0.6 is 0 Å². The predicted molar refractivity (Wildman–Crippen MR) is 103 cm³/mol. The van der Waals surface area contributed by atoms with E-state index in [1.807, 2.05) is 23.4 Å². The van der Waals surface area contributed by atoms with Gasteiger partial charge in [0.05, 0.1) is 0 Å². The van der Waals surface area contributed by atoms with Gasteiger partial charge in [0.15, 0.2) is 11.6 Å². The maximum Gasteiger partial charge on any atom is 0.167 e. The first-order chi connectivity index (χ1) is 13.2. The number of hydrogen-bond donors (Lipinski definition) is 2. The maximum atomic E-state index is 14.3. The average molecular weight is 374 g/mol. The van der Waals surface area contributed by atoms with Crippen molar-refractivity contribution in [3.05, 3.63) is 36.4 Å². The fourth-order valence-corrected chi connectivity index (χ4v) is 3.47. The molecule has 0 aliphatic carbocycles. The lowest BCUT2D eigenvalue weighted by atomic mass is 9.94. The first-order valence-electron chi connectivity index (χ1n) is 9.36. The second-order valence-electron chi connectivity index (χ2n) is 6.74. The zero-order valence-corrected chi connectivity index (χ0v) is 15.5. The molecule has 1 fully saturated rings. The van der Waals surface area contributed by atoms with Gasteiger partial charge < -0.3 is 20.5 Å². The van der Waals surface area contributed by atoms with Gasteiger partial charge in [-0.15, -0.1) is 0 Å². The van der Waals surface area contributed by atoms with E-state index in [0.29, 0.717) is 6.67 Å². The summed E-state index contributed by atoms with van der Waals surface area (Å²) in [4.78, 5) is 2.00. The van der Waals surface area contributed by atoms with Crippen molar-refractivity contribution >= 4 is 5.69 Å². The second kappa shape index (κ2) is 9.60. The lowest BCUT2D eigenvalue weighted by molar-refractivity contribution is -0.00208. The second-order valence-corrected chi connectivity index (χ2v) is 6.74. The molecule has 1 aromatic carbocycles. The number of anilines is 1. The quantitative estimate of drug-likeness (QED) is 0.740. The van der Waals surface area contributed by atoms with Crippen molar-refractivity contribution in [2.75, 3.05) is 44.4 Å². The van der Waals surface area contributed by atoms with Crippen LogP contribution in [0.3, 0.4) is 0 Å². The highest BCUT2D eigenvalue weighted by Gasteiger charge is 2.25. The lowest BCUT2D eigenvalue weighted by Gasteiger charge is -2.38. The number of nitrogens with zero attached hydrogens (tertiary/aromatic N) is 3. The van der Waals surface area contributed by atoms with Crippen LogP contribution in [0.5, 0.6) is 5.75 Å². The molecule has 2 aliphatic heterocycles. The Morgan fingerprint density at radius 3 is 2.74 bits per heavy atom. The van der Waals surface area contributed by atoms with Crippen LogP contribution < -0.4 is 15.4 Å². The molecule has 0 bridgehead atoms. The number of aliphatic hydroxyl groups excluding tert-OH is 1. The van der Waals surface area contributed by atoms with Crippen LogP contribution in [0, 0.1) is 23.6 Å². The summed E-state index contributed by atoms with van der Waals surface area (Å²) in [6, 6.07) is 4.91. The number of ether oxygens (including phenoxy) is 1. The van der Waals surface area contributed by atoms with E-state index in [1.54, 1.807) is 6.07 Å². The van der Waals surface area contributed by atoms with Gasteiger partial charge in [-0.05, 0) is 43.9 Å². The summed E-state index contributed by atoms with van der Waals surface area (Å²) in [7, 11) is 0. The van der Waals surface area contributed by atoms with Crippen molar-refractivity contribution in [3.63, 3.8) is 0 Å². The minimum absolute atomic E-state index is 0.0499. The molecule has 3 rings (SSSR count). The van der Waals surface area contributed by atoms with Crippen molar-refractivity contribution in [2.45, 2.75) is 19.3 Å². The number of rotatable bonds is 6. The number of benzene rings is 1. The molecule has 27 heavy (non-hydrogen) atoms. The van der Waals surface area contributed by atoms with Crippen molar-refractivity contribution in [1.29, 1.82) is 0 Å². The van der Waals surface area contributed by atoms with E-state index >= 15 is 0 Å². The highest BCUT2D eigenvalue weighted by atomic mass is 19.1. The highest BCUT2D eigenvalue weighted by Crippen LogP contribution is 2.28. The molecule has 6 nitrogen and oxygen atoms in total. The van der Waals surface area contributed by atoms with Gasteiger partial charge in [0.25, 0.3) is 0 Å². The van der Waals surface area contributed by atoms with E-state index in [4.69, 9.17) is 15.6 Å². The number of piperidine rings is 1. The first-order valence-corrected chi connectivity index (χ1v) is 9.36. The monoisotopic (exact) mass is 374 g/mol. The fraction of sp³-hybridized carbons (Fsp3) is 0.500.